The highest BCUT2D eigenvalue weighted by Gasteiger charge is 2.38. The zero-order valence-corrected chi connectivity index (χ0v) is 15.5. The Morgan fingerprint density at radius 2 is 2.27 bits per heavy atom. The van der Waals surface area contributed by atoms with Crippen molar-refractivity contribution in [3.05, 3.63) is 41.4 Å². The lowest BCUT2D eigenvalue weighted by Crippen LogP contribution is -2.33. The van der Waals surface area contributed by atoms with Crippen LogP contribution in [0.2, 0.25) is 0 Å². The van der Waals surface area contributed by atoms with Crippen LogP contribution in [0.1, 0.15) is 18.9 Å². The number of benzene rings is 1. The topological polar surface area (TPSA) is 98.5 Å². The molecule has 1 aliphatic heterocycles. The van der Waals surface area contributed by atoms with Gasteiger partial charge in [-0.3, -0.25) is 14.5 Å². The summed E-state index contributed by atoms with van der Waals surface area (Å²) in [5, 5.41) is 14.2. The number of aromatic nitrogens is 1. The number of nitrogens with zero attached hydrogens (tertiary/aromatic N) is 4. The summed E-state index contributed by atoms with van der Waals surface area (Å²) in [6.45, 7) is 2.34. The van der Waals surface area contributed by atoms with Crippen LogP contribution in [0.5, 0.6) is 0 Å². The van der Waals surface area contributed by atoms with Crippen LogP contribution in [-0.4, -0.2) is 38.7 Å². The van der Waals surface area contributed by atoms with Crippen molar-refractivity contribution in [3.63, 3.8) is 0 Å². The number of thiazole rings is 1. The first-order chi connectivity index (χ1) is 12.6. The van der Waals surface area contributed by atoms with Crippen LogP contribution in [-0.2, 0) is 9.59 Å². The highest BCUT2D eigenvalue weighted by atomic mass is 32.2. The minimum absolute atomic E-state index is 0.0106. The van der Waals surface area contributed by atoms with Gasteiger partial charge in [-0.2, -0.15) is 10.3 Å². The van der Waals surface area contributed by atoms with Crippen LogP contribution >= 0.6 is 23.1 Å². The number of rotatable bonds is 5. The van der Waals surface area contributed by atoms with Gasteiger partial charge in [0.1, 0.15) is 11.3 Å². The van der Waals surface area contributed by atoms with Crippen molar-refractivity contribution in [2.45, 2.75) is 18.6 Å². The first kappa shape index (κ1) is 18.1. The molecular weight excluding hydrogens is 370 g/mol. The van der Waals surface area contributed by atoms with Crippen molar-refractivity contribution in [1.29, 1.82) is 5.26 Å². The van der Waals surface area contributed by atoms with Gasteiger partial charge in [0.25, 0.3) is 0 Å². The maximum absolute atomic E-state index is 12.6. The lowest BCUT2D eigenvalue weighted by atomic mass is 10.2. The van der Waals surface area contributed by atoms with Gasteiger partial charge in [0.2, 0.25) is 16.9 Å². The first-order valence-corrected chi connectivity index (χ1v) is 9.63. The molecule has 1 N–H and O–H groups in total. The highest BCUT2D eigenvalue weighted by Crippen LogP contribution is 2.32. The Labute approximate surface area is 158 Å². The standard InChI is InChI=1S/C17H15N5O2S2/c1-2-22-15(24)13(26-17(22)21-16-19-7-8-25-16)9-14(23)20-12-6-4-3-5-11(12)10-18/h3-8,13H,2,9H2,1H3,(H,20,23)/b21-17+. The molecule has 0 bridgehead atoms. The van der Waals surface area contributed by atoms with E-state index in [2.05, 4.69) is 15.3 Å². The molecule has 2 heterocycles. The summed E-state index contributed by atoms with van der Waals surface area (Å²) in [7, 11) is 0. The molecule has 7 nitrogen and oxygen atoms in total. The van der Waals surface area contributed by atoms with Crippen LogP contribution in [0.4, 0.5) is 10.8 Å². The van der Waals surface area contributed by atoms with Gasteiger partial charge in [0, 0.05) is 24.5 Å². The minimum Gasteiger partial charge on any atom is -0.325 e. The van der Waals surface area contributed by atoms with Crippen molar-refractivity contribution in [1.82, 2.24) is 9.88 Å². The zero-order chi connectivity index (χ0) is 18.5. The third-order valence-corrected chi connectivity index (χ3v) is 5.48. The fourth-order valence-electron chi connectivity index (χ4n) is 2.43. The van der Waals surface area contributed by atoms with E-state index >= 15 is 0 Å². The zero-order valence-electron chi connectivity index (χ0n) is 13.9. The molecule has 26 heavy (non-hydrogen) atoms. The number of anilines is 1. The Balaban J connectivity index is 1.70. The number of hydrogen-bond acceptors (Lipinski definition) is 7. The van der Waals surface area contributed by atoms with E-state index in [1.807, 2.05) is 18.4 Å². The number of thioether (sulfide) groups is 1. The highest BCUT2D eigenvalue weighted by molar-refractivity contribution is 8.15. The maximum atomic E-state index is 12.6. The molecule has 2 amide bonds. The Kier molecular flexibility index (Phi) is 5.65. The Hall–Kier alpha value is -2.70. The van der Waals surface area contributed by atoms with Gasteiger partial charge in [0.15, 0.2) is 5.17 Å². The third kappa shape index (κ3) is 3.92. The minimum atomic E-state index is -0.539. The number of carbonyl (C=O) groups is 2. The van der Waals surface area contributed by atoms with Crippen LogP contribution in [0.25, 0.3) is 0 Å². The van der Waals surface area contributed by atoms with Crippen molar-refractivity contribution in [2.24, 2.45) is 4.99 Å². The average Bonchev–Trinajstić information content (AvgIpc) is 3.24. The number of nitriles is 1. The molecule has 132 valence electrons. The van der Waals surface area contributed by atoms with Gasteiger partial charge in [-0.25, -0.2) is 4.98 Å². The molecule has 0 radical (unpaired) electrons. The second-order valence-corrected chi connectivity index (χ2v) is 7.35. The lowest BCUT2D eigenvalue weighted by molar-refractivity contribution is -0.128. The number of nitrogens with one attached hydrogen (secondary N) is 1. The van der Waals surface area contributed by atoms with Crippen LogP contribution < -0.4 is 5.32 Å². The lowest BCUT2D eigenvalue weighted by Gasteiger charge is -2.13. The normalized spacial score (nSPS) is 18.2. The largest absolute Gasteiger partial charge is 0.325 e. The number of hydrogen-bond donors (Lipinski definition) is 1. The Morgan fingerprint density at radius 3 is 2.96 bits per heavy atom. The van der Waals surface area contributed by atoms with E-state index in [4.69, 9.17) is 5.26 Å². The van der Waals surface area contributed by atoms with E-state index < -0.39 is 5.25 Å². The maximum Gasteiger partial charge on any atom is 0.242 e. The van der Waals surface area contributed by atoms with Gasteiger partial charge in [-0.1, -0.05) is 23.9 Å². The number of para-hydroxylation sites is 1. The molecule has 0 spiro atoms. The van der Waals surface area contributed by atoms with Gasteiger partial charge in [0.05, 0.1) is 11.3 Å². The fraction of sp³-hybridized carbons (Fsp3) is 0.235. The third-order valence-electron chi connectivity index (χ3n) is 3.64. The molecule has 3 rings (SSSR count). The predicted octanol–water partition coefficient (Wildman–Crippen LogP) is 2.99. The Bertz CT molecular complexity index is 889. The summed E-state index contributed by atoms with van der Waals surface area (Å²) in [6.07, 6.45) is 1.66. The number of amidine groups is 1. The monoisotopic (exact) mass is 385 g/mol. The molecule has 1 aliphatic rings. The van der Waals surface area contributed by atoms with Gasteiger partial charge < -0.3 is 5.32 Å². The van der Waals surface area contributed by atoms with Gasteiger partial charge >= 0.3 is 0 Å². The SMILES string of the molecule is CCN1C(=O)C(CC(=O)Nc2ccccc2C#N)S/C1=N/c1nccs1. The molecule has 0 saturated carbocycles. The number of carbonyl (C=O) groups excluding carboxylic acids is 2. The fourth-order valence-corrected chi connectivity index (χ4v) is 4.19. The predicted molar refractivity (Wildman–Crippen MR) is 102 cm³/mol. The molecule has 1 fully saturated rings. The average molecular weight is 385 g/mol. The number of amides is 2. The van der Waals surface area contributed by atoms with Gasteiger partial charge in [-0.15, -0.1) is 11.3 Å². The van der Waals surface area contributed by atoms with E-state index in [1.165, 1.54) is 23.1 Å². The molecule has 1 unspecified atom stereocenters. The molecule has 1 atom stereocenters. The van der Waals surface area contributed by atoms with Crippen molar-refractivity contribution in [2.75, 3.05) is 11.9 Å². The van der Waals surface area contributed by atoms with Crippen LogP contribution in [0, 0.1) is 11.3 Å². The molecule has 2 aromatic rings. The molecule has 1 saturated heterocycles. The summed E-state index contributed by atoms with van der Waals surface area (Å²) in [4.78, 5) is 35.0. The molecule has 1 aromatic heterocycles. The summed E-state index contributed by atoms with van der Waals surface area (Å²) < 4.78 is 0. The van der Waals surface area contributed by atoms with Crippen molar-refractivity contribution in [3.8, 4) is 6.07 Å². The van der Waals surface area contributed by atoms with E-state index in [9.17, 15) is 9.59 Å². The summed E-state index contributed by atoms with van der Waals surface area (Å²) >= 11 is 2.65. The summed E-state index contributed by atoms with van der Waals surface area (Å²) in [6, 6.07) is 8.79. The first-order valence-electron chi connectivity index (χ1n) is 7.87. The van der Waals surface area contributed by atoms with E-state index in [0.717, 1.165) is 0 Å². The number of aliphatic imine (C=N–C) groups is 1. The molecule has 0 aliphatic carbocycles. The quantitative estimate of drug-likeness (QED) is 0.853. The van der Waals surface area contributed by atoms with E-state index in [-0.39, 0.29) is 18.2 Å². The van der Waals surface area contributed by atoms with E-state index in [1.54, 1.807) is 35.4 Å². The van der Waals surface area contributed by atoms with Crippen LogP contribution in [0.15, 0.2) is 40.8 Å². The molecular formula is C17H15N5O2S2. The molecule has 1 aromatic carbocycles. The molecule has 9 heteroatoms. The van der Waals surface area contributed by atoms with Crippen LogP contribution in [0.3, 0.4) is 0 Å². The summed E-state index contributed by atoms with van der Waals surface area (Å²) in [5.41, 5.74) is 0.826. The van der Waals surface area contributed by atoms with Gasteiger partial charge in [-0.05, 0) is 19.1 Å². The van der Waals surface area contributed by atoms with E-state index in [0.29, 0.717) is 28.1 Å². The second kappa shape index (κ2) is 8.12. The summed E-state index contributed by atoms with van der Waals surface area (Å²) in [5.74, 6) is -0.457. The van der Waals surface area contributed by atoms with Crippen molar-refractivity contribution < 1.29 is 9.59 Å². The smallest absolute Gasteiger partial charge is 0.242 e. The second-order valence-electron chi connectivity index (χ2n) is 5.31. The van der Waals surface area contributed by atoms with Crippen molar-refractivity contribution >= 4 is 50.9 Å². The Morgan fingerprint density at radius 1 is 1.46 bits per heavy atom.